The molecule has 1 aromatic heterocycles. The average Bonchev–Trinajstić information content (AvgIpc) is 2.57. The molecule has 0 bridgehead atoms. The maximum atomic E-state index is 5.70. The first-order valence-corrected chi connectivity index (χ1v) is 5.54. The van der Waals surface area contributed by atoms with E-state index < -0.39 is 0 Å². The minimum atomic E-state index is 0.592. The molecule has 0 aliphatic carbocycles. The number of hydrogen-bond acceptors (Lipinski definition) is 1. The highest BCUT2D eigenvalue weighted by molar-refractivity contribution is 9.10. The van der Waals surface area contributed by atoms with E-state index in [2.05, 4.69) is 51.7 Å². The van der Waals surface area contributed by atoms with Crippen molar-refractivity contribution in [1.82, 2.24) is 4.57 Å². The highest BCUT2D eigenvalue weighted by atomic mass is 79.9. The summed E-state index contributed by atoms with van der Waals surface area (Å²) in [6.45, 7) is 3.70. The van der Waals surface area contributed by atoms with Gasteiger partial charge in [-0.15, -0.1) is 0 Å². The van der Waals surface area contributed by atoms with E-state index in [0.717, 1.165) is 11.0 Å². The molecule has 74 valence electrons. The van der Waals surface area contributed by atoms with Crippen LogP contribution in [0.4, 0.5) is 0 Å². The van der Waals surface area contributed by atoms with E-state index in [0.29, 0.717) is 6.54 Å². The van der Waals surface area contributed by atoms with Gasteiger partial charge in [0, 0.05) is 34.2 Å². The Hall–Kier alpha value is -0.800. The van der Waals surface area contributed by atoms with Gasteiger partial charge in [-0.3, -0.25) is 0 Å². The molecular weight excluding hydrogens is 240 g/mol. The van der Waals surface area contributed by atoms with Gasteiger partial charge in [0.15, 0.2) is 0 Å². The molecule has 0 aliphatic heterocycles. The number of halogens is 1. The second-order valence-electron chi connectivity index (χ2n) is 3.26. The molecule has 2 rings (SSSR count). The molecule has 3 heteroatoms. The lowest BCUT2D eigenvalue weighted by Crippen LogP contribution is -2.05. The first-order valence-electron chi connectivity index (χ1n) is 4.74. The molecule has 0 unspecified atom stereocenters. The first-order chi connectivity index (χ1) is 6.77. The number of nitrogens with two attached hydrogens (primary N) is 1. The fourth-order valence-corrected chi connectivity index (χ4v) is 2.32. The minimum Gasteiger partial charge on any atom is -0.344 e. The Morgan fingerprint density at radius 1 is 1.43 bits per heavy atom. The summed E-state index contributed by atoms with van der Waals surface area (Å²) in [5.41, 5.74) is 8.15. The summed E-state index contributed by atoms with van der Waals surface area (Å²) < 4.78 is 3.39. The molecule has 0 fully saturated rings. The summed E-state index contributed by atoms with van der Waals surface area (Å²) in [5, 5.41) is 1.25. The number of benzene rings is 1. The number of nitrogens with zero attached hydrogens (tertiary/aromatic N) is 1. The van der Waals surface area contributed by atoms with Gasteiger partial charge in [0.25, 0.3) is 0 Å². The predicted octanol–water partition coefficient (Wildman–Crippen LogP) is 2.88. The quantitative estimate of drug-likeness (QED) is 0.876. The number of aryl methyl sites for hydroxylation is 1. The van der Waals surface area contributed by atoms with Crippen molar-refractivity contribution in [2.45, 2.75) is 20.0 Å². The van der Waals surface area contributed by atoms with Crippen LogP contribution in [0.5, 0.6) is 0 Å². The van der Waals surface area contributed by atoms with E-state index in [-0.39, 0.29) is 0 Å². The van der Waals surface area contributed by atoms with Gasteiger partial charge in [0.1, 0.15) is 0 Å². The summed E-state index contributed by atoms with van der Waals surface area (Å²) >= 11 is 3.55. The van der Waals surface area contributed by atoms with Crippen molar-refractivity contribution in [3.05, 3.63) is 34.4 Å². The second-order valence-corrected chi connectivity index (χ2v) is 4.11. The van der Waals surface area contributed by atoms with Crippen molar-refractivity contribution in [1.29, 1.82) is 0 Å². The summed E-state index contributed by atoms with van der Waals surface area (Å²) in [6, 6.07) is 8.40. The van der Waals surface area contributed by atoms with Gasteiger partial charge in [-0.05, 0) is 25.1 Å². The number of fused-ring (bicyclic) bond motifs is 1. The van der Waals surface area contributed by atoms with E-state index in [9.17, 15) is 0 Å². The van der Waals surface area contributed by atoms with Crippen molar-refractivity contribution in [3.63, 3.8) is 0 Å². The van der Waals surface area contributed by atoms with Crippen molar-refractivity contribution in [2.24, 2.45) is 5.73 Å². The van der Waals surface area contributed by atoms with Gasteiger partial charge in [0.2, 0.25) is 0 Å². The fraction of sp³-hybridized carbons (Fsp3) is 0.273. The molecule has 0 spiro atoms. The standard InChI is InChI=1S/C11H13BrN2/c1-2-14-8(7-13)6-9-10(12)4-3-5-11(9)14/h3-6H,2,7,13H2,1H3. The third kappa shape index (κ3) is 1.37. The SMILES string of the molecule is CCn1c(CN)cc2c(Br)cccc21. The zero-order valence-corrected chi connectivity index (χ0v) is 9.71. The third-order valence-corrected chi connectivity index (χ3v) is 3.20. The topological polar surface area (TPSA) is 30.9 Å². The molecule has 0 atom stereocenters. The van der Waals surface area contributed by atoms with E-state index >= 15 is 0 Å². The Morgan fingerprint density at radius 3 is 2.86 bits per heavy atom. The Morgan fingerprint density at radius 2 is 2.21 bits per heavy atom. The minimum absolute atomic E-state index is 0.592. The molecule has 2 nitrogen and oxygen atoms in total. The summed E-state index contributed by atoms with van der Waals surface area (Å²) in [7, 11) is 0. The lowest BCUT2D eigenvalue weighted by molar-refractivity contribution is 0.739. The van der Waals surface area contributed by atoms with Crippen LogP contribution in [-0.4, -0.2) is 4.57 Å². The molecule has 2 aromatic rings. The lowest BCUT2D eigenvalue weighted by Gasteiger charge is -2.05. The van der Waals surface area contributed by atoms with Crippen LogP contribution < -0.4 is 5.73 Å². The highest BCUT2D eigenvalue weighted by Crippen LogP contribution is 2.27. The van der Waals surface area contributed by atoms with Crippen LogP contribution in [0.2, 0.25) is 0 Å². The van der Waals surface area contributed by atoms with E-state index in [4.69, 9.17) is 5.73 Å². The Bertz CT molecular complexity index is 460. The van der Waals surface area contributed by atoms with Crippen molar-refractivity contribution in [2.75, 3.05) is 0 Å². The van der Waals surface area contributed by atoms with E-state index in [1.807, 2.05) is 0 Å². The average molecular weight is 253 g/mol. The van der Waals surface area contributed by atoms with E-state index in [1.54, 1.807) is 0 Å². The lowest BCUT2D eigenvalue weighted by atomic mass is 10.2. The molecule has 0 saturated heterocycles. The monoisotopic (exact) mass is 252 g/mol. The van der Waals surface area contributed by atoms with E-state index in [1.165, 1.54) is 16.6 Å². The zero-order valence-electron chi connectivity index (χ0n) is 8.13. The molecular formula is C11H13BrN2. The molecule has 1 aromatic carbocycles. The normalized spacial score (nSPS) is 11.1. The van der Waals surface area contributed by atoms with Crippen LogP contribution in [0.25, 0.3) is 10.9 Å². The van der Waals surface area contributed by atoms with Crippen LogP contribution in [0.15, 0.2) is 28.7 Å². The van der Waals surface area contributed by atoms with Gasteiger partial charge in [0.05, 0.1) is 0 Å². The molecule has 0 amide bonds. The van der Waals surface area contributed by atoms with Crippen molar-refractivity contribution >= 4 is 26.8 Å². The summed E-state index contributed by atoms with van der Waals surface area (Å²) in [6.07, 6.45) is 0. The molecule has 0 radical (unpaired) electrons. The summed E-state index contributed by atoms with van der Waals surface area (Å²) in [5.74, 6) is 0. The van der Waals surface area contributed by atoms with Gasteiger partial charge >= 0.3 is 0 Å². The van der Waals surface area contributed by atoms with Crippen LogP contribution in [0, 0.1) is 0 Å². The maximum absolute atomic E-state index is 5.70. The number of rotatable bonds is 2. The third-order valence-electron chi connectivity index (χ3n) is 2.50. The van der Waals surface area contributed by atoms with Crippen LogP contribution in [0.3, 0.4) is 0 Å². The summed E-state index contributed by atoms with van der Waals surface area (Å²) in [4.78, 5) is 0. The van der Waals surface area contributed by atoms with Gasteiger partial charge < -0.3 is 10.3 Å². The molecule has 2 N–H and O–H groups in total. The van der Waals surface area contributed by atoms with Crippen LogP contribution >= 0.6 is 15.9 Å². The molecule has 0 aliphatic rings. The fourth-order valence-electron chi connectivity index (χ4n) is 1.85. The number of hydrogen-bond donors (Lipinski definition) is 1. The highest BCUT2D eigenvalue weighted by Gasteiger charge is 2.07. The molecule has 14 heavy (non-hydrogen) atoms. The van der Waals surface area contributed by atoms with Crippen LogP contribution in [-0.2, 0) is 13.1 Å². The smallest absolute Gasteiger partial charge is 0.0494 e. The number of aromatic nitrogens is 1. The Balaban J connectivity index is 2.79. The zero-order chi connectivity index (χ0) is 10.1. The molecule has 0 saturated carbocycles. The van der Waals surface area contributed by atoms with Crippen LogP contribution in [0.1, 0.15) is 12.6 Å². The van der Waals surface area contributed by atoms with Gasteiger partial charge in [-0.25, -0.2) is 0 Å². The first kappa shape index (κ1) is 9.74. The molecule has 1 heterocycles. The Kier molecular flexibility index (Phi) is 2.61. The maximum Gasteiger partial charge on any atom is 0.0494 e. The predicted molar refractivity (Wildman–Crippen MR) is 63.2 cm³/mol. The van der Waals surface area contributed by atoms with Crippen molar-refractivity contribution < 1.29 is 0 Å². The Labute approximate surface area is 91.8 Å². The largest absolute Gasteiger partial charge is 0.344 e. The second kappa shape index (κ2) is 3.75. The van der Waals surface area contributed by atoms with Gasteiger partial charge in [-0.2, -0.15) is 0 Å². The van der Waals surface area contributed by atoms with Gasteiger partial charge in [-0.1, -0.05) is 22.0 Å². The van der Waals surface area contributed by atoms with Crippen molar-refractivity contribution in [3.8, 4) is 0 Å².